The van der Waals surface area contributed by atoms with Crippen LogP contribution in [0.2, 0.25) is 5.02 Å². The van der Waals surface area contributed by atoms with Gasteiger partial charge in [0.1, 0.15) is 0 Å². The predicted octanol–water partition coefficient (Wildman–Crippen LogP) is 0.671. The summed E-state index contributed by atoms with van der Waals surface area (Å²) in [6, 6.07) is 5.42. The smallest absolute Gasteiger partial charge is 0.264 e. The van der Waals surface area contributed by atoms with Crippen LogP contribution >= 0.6 is 11.6 Å². The van der Waals surface area contributed by atoms with Crippen molar-refractivity contribution in [2.45, 2.75) is 18.2 Å². The molecule has 0 saturated heterocycles. The Hall–Kier alpha value is -1.60. The van der Waals surface area contributed by atoms with Gasteiger partial charge >= 0.3 is 0 Å². The van der Waals surface area contributed by atoms with Gasteiger partial charge in [0.2, 0.25) is 11.8 Å². The molecule has 0 bridgehead atoms. The highest BCUT2D eigenvalue weighted by atomic mass is 35.5. The average molecular weight is 305 g/mol. The summed E-state index contributed by atoms with van der Waals surface area (Å²) in [5.74, 6) is -0.975. The van der Waals surface area contributed by atoms with Gasteiger partial charge in [0.25, 0.3) is 10.0 Å². The fraction of sp³-hybridized carbons (Fsp3) is 0.273. The number of carbonyl (C=O) groups excluding carboxylic acids is 2. The van der Waals surface area contributed by atoms with Crippen LogP contribution in [0.15, 0.2) is 29.2 Å². The third kappa shape index (κ3) is 5.27. The molecule has 0 atom stereocenters. The van der Waals surface area contributed by atoms with Crippen molar-refractivity contribution < 1.29 is 18.0 Å². The topological polar surface area (TPSA) is 92.3 Å². The molecule has 0 aliphatic heterocycles. The Morgan fingerprint density at radius 3 is 2.32 bits per heavy atom. The highest BCUT2D eigenvalue weighted by molar-refractivity contribution is 7.90. The summed E-state index contributed by atoms with van der Waals surface area (Å²) in [6.45, 7) is 1.39. The van der Waals surface area contributed by atoms with E-state index < -0.39 is 15.9 Å². The molecule has 2 N–H and O–H groups in total. The standard InChI is InChI=1S/C11H13ClN2O4S/c1-8(15)13-7-6-11(16)14-19(17,18)10-4-2-9(12)3-5-10/h2-5H,6-7H2,1H3,(H,13,15)(H,14,16). The molecule has 0 saturated carbocycles. The Balaban J connectivity index is 2.62. The number of rotatable bonds is 5. The minimum absolute atomic E-state index is 0.0511. The Labute approximate surface area is 116 Å². The van der Waals surface area contributed by atoms with Crippen LogP contribution in [0.3, 0.4) is 0 Å². The van der Waals surface area contributed by atoms with E-state index in [2.05, 4.69) is 5.32 Å². The number of sulfonamides is 1. The number of carbonyl (C=O) groups is 2. The van der Waals surface area contributed by atoms with E-state index >= 15 is 0 Å². The first-order valence-corrected chi connectivity index (χ1v) is 7.23. The Bertz CT molecular complexity index is 569. The zero-order valence-corrected chi connectivity index (χ0v) is 11.7. The molecule has 8 heteroatoms. The van der Waals surface area contributed by atoms with Crippen LogP contribution in [0, 0.1) is 0 Å². The summed E-state index contributed by atoms with van der Waals surface area (Å²) in [5, 5.41) is 2.80. The van der Waals surface area contributed by atoms with Gasteiger partial charge in [-0.1, -0.05) is 11.6 Å². The number of nitrogens with one attached hydrogen (secondary N) is 2. The lowest BCUT2D eigenvalue weighted by Gasteiger charge is -2.07. The lowest BCUT2D eigenvalue weighted by atomic mass is 10.4. The first-order chi connectivity index (χ1) is 8.81. The Morgan fingerprint density at radius 2 is 1.79 bits per heavy atom. The van der Waals surface area contributed by atoms with Crippen LogP contribution in [0.5, 0.6) is 0 Å². The molecule has 0 radical (unpaired) electrons. The molecule has 0 aliphatic rings. The lowest BCUT2D eigenvalue weighted by molar-refractivity contribution is -0.120. The average Bonchev–Trinajstić information content (AvgIpc) is 2.28. The third-order valence-corrected chi connectivity index (χ3v) is 3.74. The van der Waals surface area contributed by atoms with Crippen molar-refractivity contribution >= 4 is 33.4 Å². The largest absolute Gasteiger partial charge is 0.356 e. The van der Waals surface area contributed by atoms with Crippen molar-refractivity contribution in [3.63, 3.8) is 0 Å². The van der Waals surface area contributed by atoms with Crippen LogP contribution in [-0.4, -0.2) is 26.8 Å². The maximum atomic E-state index is 11.8. The first-order valence-electron chi connectivity index (χ1n) is 5.37. The van der Waals surface area contributed by atoms with E-state index in [1.165, 1.54) is 31.2 Å². The molecule has 0 fully saturated rings. The fourth-order valence-corrected chi connectivity index (χ4v) is 2.37. The SMILES string of the molecule is CC(=O)NCCC(=O)NS(=O)(=O)c1ccc(Cl)cc1. The van der Waals surface area contributed by atoms with E-state index in [1.54, 1.807) is 0 Å². The van der Waals surface area contributed by atoms with Crippen molar-refractivity contribution in [1.29, 1.82) is 0 Å². The Morgan fingerprint density at radius 1 is 1.21 bits per heavy atom. The molecule has 1 aromatic carbocycles. The maximum absolute atomic E-state index is 11.8. The molecule has 1 aromatic rings. The summed E-state index contributed by atoms with van der Waals surface area (Å²) in [6.07, 6.45) is -0.119. The third-order valence-electron chi connectivity index (χ3n) is 2.10. The van der Waals surface area contributed by atoms with Gasteiger partial charge in [0, 0.05) is 24.9 Å². The summed E-state index contributed by atoms with van der Waals surface area (Å²) in [4.78, 5) is 22.0. The summed E-state index contributed by atoms with van der Waals surface area (Å²) < 4.78 is 25.5. The number of hydrogen-bond acceptors (Lipinski definition) is 4. The van der Waals surface area contributed by atoms with Crippen LogP contribution in [0.4, 0.5) is 0 Å². The number of halogens is 1. The van der Waals surface area contributed by atoms with Gasteiger partial charge in [-0.15, -0.1) is 0 Å². The van der Waals surface area contributed by atoms with Crippen LogP contribution < -0.4 is 10.0 Å². The van der Waals surface area contributed by atoms with Crippen molar-refractivity contribution in [1.82, 2.24) is 10.0 Å². The highest BCUT2D eigenvalue weighted by Gasteiger charge is 2.17. The van der Waals surface area contributed by atoms with E-state index in [-0.39, 0.29) is 23.8 Å². The molecule has 0 spiro atoms. The van der Waals surface area contributed by atoms with E-state index in [0.717, 1.165) is 0 Å². The molecule has 0 aromatic heterocycles. The van der Waals surface area contributed by atoms with Crippen LogP contribution in [-0.2, 0) is 19.6 Å². The van der Waals surface area contributed by atoms with Crippen LogP contribution in [0.25, 0.3) is 0 Å². The molecule has 19 heavy (non-hydrogen) atoms. The molecule has 0 heterocycles. The van der Waals surface area contributed by atoms with E-state index in [0.29, 0.717) is 5.02 Å². The minimum atomic E-state index is -3.90. The lowest BCUT2D eigenvalue weighted by Crippen LogP contribution is -2.33. The van der Waals surface area contributed by atoms with Crippen molar-refractivity contribution in [2.75, 3.05) is 6.54 Å². The van der Waals surface area contributed by atoms with E-state index in [1.807, 2.05) is 4.72 Å². The summed E-state index contributed by atoms with van der Waals surface area (Å²) in [7, 11) is -3.90. The molecule has 6 nitrogen and oxygen atoms in total. The fourth-order valence-electron chi connectivity index (χ4n) is 1.23. The normalized spacial score (nSPS) is 10.8. The molecule has 1 rings (SSSR count). The summed E-state index contributed by atoms with van der Waals surface area (Å²) >= 11 is 5.64. The van der Waals surface area contributed by atoms with Crippen molar-refractivity contribution in [3.05, 3.63) is 29.3 Å². The van der Waals surface area contributed by atoms with Gasteiger partial charge in [0.15, 0.2) is 0 Å². The predicted molar refractivity (Wildman–Crippen MR) is 70.1 cm³/mol. The molecule has 0 aliphatic carbocycles. The van der Waals surface area contributed by atoms with Gasteiger partial charge in [-0.2, -0.15) is 0 Å². The van der Waals surface area contributed by atoms with Gasteiger partial charge in [-0.05, 0) is 24.3 Å². The van der Waals surface area contributed by atoms with Gasteiger partial charge in [0.05, 0.1) is 4.90 Å². The second kappa shape index (κ2) is 6.53. The van der Waals surface area contributed by atoms with Gasteiger partial charge in [-0.3, -0.25) is 9.59 Å². The van der Waals surface area contributed by atoms with Gasteiger partial charge in [-0.25, -0.2) is 13.1 Å². The second-order valence-electron chi connectivity index (χ2n) is 3.72. The molecule has 2 amide bonds. The second-order valence-corrected chi connectivity index (χ2v) is 5.83. The zero-order valence-electron chi connectivity index (χ0n) is 10.1. The van der Waals surface area contributed by atoms with Gasteiger partial charge < -0.3 is 5.32 Å². The van der Waals surface area contributed by atoms with E-state index in [4.69, 9.17) is 11.6 Å². The van der Waals surface area contributed by atoms with Crippen LogP contribution in [0.1, 0.15) is 13.3 Å². The maximum Gasteiger partial charge on any atom is 0.264 e. The molecular weight excluding hydrogens is 292 g/mol. The van der Waals surface area contributed by atoms with E-state index in [9.17, 15) is 18.0 Å². The molecular formula is C11H13ClN2O4S. The number of benzene rings is 1. The highest BCUT2D eigenvalue weighted by Crippen LogP contribution is 2.13. The zero-order chi connectivity index (χ0) is 14.5. The van der Waals surface area contributed by atoms with Crippen molar-refractivity contribution in [3.8, 4) is 0 Å². The first kappa shape index (κ1) is 15.5. The minimum Gasteiger partial charge on any atom is -0.356 e. The molecule has 0 unspecified atom stereocenters. The Kier molecular flexibility index (Phi) is 5.31. The van der Waals surface area contributed by atoms with Crippen molar-refractivity contribution in [2.24, 2.45) is 0 Å². The summed E-state index contributed by atoms with van der Waals surface area (Å²) in [5.41, 5.74) is 0. The number of hydrogen-bond donors (Lipinski definition) is 2. The number of amides is 2. The monoisotopic (exact) mass is 304 g/mol. The quantitative estimate of drug-likeness (QED) is 0.836. The molecule has 104 valence electrons.